The Morgan fingerprint density at radius 2 is 2.16 bits per heavy atom. The molecule has 0 radical (unpaired) electrons. The highest BCUT2D eigenvalue weighted by Crippen LogP contribution is 2.16. The van der Waals surface area contributed by atoms with E-state index >= 15 is 0 Å². The number of hydrogen-bond acceptors (Lipinski definition) is 4. The molecule has 0 saturated carbocycles. The number of nitrogens with zero attached hydrogens (tertiary/aromatic N) is 1. The highest BCUT2D eigenvalue weighted by atomic mass is 35.5. The van der Waals surface area contributed by atoms with E-state index in [1.165, 1.54) is 11.3 Å². The van der Waals surface area contributed by atoms with Gasteiger partial charge in [0, 0.05) is 22.3 Å². The molecule has 1 atom stereocenters. The normalized spacial score (nSPS) is 11.9. The molecular weight excluding hydrogens is 282 g/mol. The lowest BCUT2D eigenvalue weighted by molar-refractivity contribution is -0.116. The summed E-state index contributed by atoms with van der Waals surface area (Å²) in [5.74, 6) is -0.0904. The Morgan fingerprint density at radius 1 is 1.42 bits per heavy atom. The van der Waals surface area contributed by atoms with Gasteiger partial charge >= 0.3 is 0 Å². The Hall–Kier alpha value is -1.59. The van der Waals surface area contributed by atoms with Crippen molar-refractivity contribution in [3.63, 3.8) is 0 Å². The standard InChI is InChI=1S/C13H14ClN3OS/c1-2-11(12(18)17-13-15-7-8-19-13)16-10-5-3-9(14)4-6-10/h3-8,11,16H,2H2,1H3,(H,15,17,18)/t11-/m1/s1. The average Bonchev–Trinajstić information content (AvgIpc) is 2.90. The average molecular weight is 296 g/mol. The van der Waals surface area contributed by atoms with Crippen LogP contribution in [0.4, 0.5) is 10.8 Å². The summed E-state index contributed by atoms with van der Waals surface area (Å²) in [5, 5.41) is 9.07. The lowest BCUT2D eigenvalue weighted by atomic mass is 10.2. The minimum Gasteiger partial charge on any atom is -0.374 e. The maximum atomic E-state index is 12.1. The maximum Gasteiger partial charge on any atom is 0.248 e. The zero-order chi connectivity index (χ0) is 13.7. The smallest absolute Gasteiger partial charge is 0.248 e. The number of amides is 1. The van der Waals surface area contributed by atoms with E-state index in [-0.39, 0.29) is 11.9 Å². The molecule has 0 aliphatic rings. The van der Waals surface area contributed by atoms with Gasteiger partial charge in [0.1, 0.15) is 6.04 Å². The third-order valence-electron chi connectivity index (χ3n) is 2.57. The van der Waals surface area contributed by atoms with E-state index in [4.69, 9.17) is 11.6 Å². The molecule has 4 nitrogen and oxygen atoms in total. The summed E-state index contributed by atoms with van der Waals surface area (Å²) in [4.78, 5) is 16.1. The summed E-state index contributed by atoms with van der Waals surface area (Å²) >= 11 is 7.22. The van der Waals surface area contributed by atoms with Crippen LogP contribution in [0.15, 0.2) is 35.8 Å². The molecular formula is C13H14ClN3OS. The van der Waals surface area contributed by atoms with Gasteiger partial charge in [-0.05, 0) is 30.7 Å². The minimum atomic E-state index is -0.301. The Bertz CT molecular complexity index is 527. The number of halogens is 1. The van der Waals surface area contributed by atoms with Crippen LogP contribution < -0.4 is 10.6 Å². The van der Waals surface area contributed by atoms with E-state index in [2.05, 4.69) is 15.6 Å². The van der Waals surface area contributed by atoms with Crippen LogP contribution in [0.25, 0.3) is 0 Å². The topological polar surface area (TPSA) is 54.0 Å². The first-order chi connectivity index (χ1) is 9.19. The number of benzene rings is 1. The number of rotatable bonds is 5. The molecule has 2 rings (SSSR count). The number of carbonyl (C=O) groups is 1. The third-order valence-corrected chi connectivity index (χ3v) is 3.51. The lowest BCUT2D eigenvalue weighted by Gasteiger charge is -2.17. The van der Waals surface area contributed by atoms with Crippen molar-refractivity contribution in [2.75, 3.05) is 10.6 Å². The molecule has 0 bridgehead atoms. The van der Waals surface area contributed by atoms with Crippen molar-refractivity contribution in [3.05, 3.63) is 40.9 Å². The molecule has 1 aromatic carbocycles. The van der Waals surface area contributed by atoms with Gasteiger partial charge in [0.25, 0.3) is 0 Å². The van der Waals surface area contributed by atoms with Gasteiger partial charge in [-0.3, -0.25) is 4.79 Å². The molecule has 0 aliphatic heterocycles. The Kier molecular flexibility index (Phi) is 4.76. The number of nitrogens with one attached hydrogen (secondary N) is 2. The van der Waals surface area contributed by atoms with E-state index in [9.17, 15) is 4.79 Å². The minimum absolute atomic E-state index is 0.0904. The highest BCUT2D eigenvalue weighted by molar-refractivity contribution is 7.13. The molecule has 6 heteroatoms. The number of aromatic nitrogens is 1. The molecule has 0 saturated heterocycles. The van der Waals surface area contributed by atoms with Crippen LogP contribution in [0.1, 0.15) is 13.3 Å². The second-order valence-electron chi connectivity index (χ2n) is 3.94. The molecule has 0 unspecified atom stereocenters. The van der Waals surface area contributed by atoms with Gasteiger partial charge in [0.05, 0.1) is 0 Å². The second kappa shape index (κ2) is 6.54. The number of carbonyl (C=O) groups excluding carboxylic acids is 1. The summed E-state index contributed by atoms with van der Waals surface area (Å²) < 4.78 is 0. The zero-order valence-electron chi connectivity index (χ0n) is 10.4. The second-order valence-corrected chi connectivity index (χ2v) is 5.27. The van der Waals surface area contributed by atoms with Crippen LogP contribution in [0.3, 0.4) is 0 Å². The van der Waals surface area contributed by atoms with Gasteiger partial charge in [-0.15, -0.1) is 11.3 Å². The third kappa shape index (κ3) is 3.94. The molecule has 1 aromatic heterocycles. The zero-order valence-corrected chi connectivity index (χ0v) is 12.0. The fraction of sp³-hybridized carbons (Fsp3) is 0.231. The quantitative estimate of drug-likeness (QED) is 0.886. The summed E-state index contributed by atoms with van der Waals surface area (Å²) in [6, 6.07) is 6.97. The van der Waals surface area contributed by atoms with Crippen LogP contribution in [-0.4, -0.2) is 16.9 Å². The van der Waals surface area contributed by atoms with Crippen LogP contribution >= 0.6 is 22.9 Å². The van der Waals surface area contributed by atoms with Crippen molar-refractivity contribution in [3.8, 4) is 0 Å². The van der Waals surface area contributed by atoms with E-state index in [1.54, 1.807) is 18.3 Å². The maximum absolute atomic E-state index is 12.1. The molecule has 1 heterocycles. The van der Waals surface area contributed by atoms with E-state index in [0.717, 1.165) is 5.69 Å². The number of hydrogen-bond donors (Lipinski definition) is 2. The predicted molar refractivity (Wildman–Crippen MR) is 79.9 cm³/mol. The number of thiazole rings is 1. The first kappa shape index (κ1) is 13.8. The molecule has 19 heavy (non-hydrogen) atoms. The lowest BCUT2D eigenvalue weighted by Crippen LogP contribution is -2.34. The van der Waals surface area contributed by atoms with Gasteiger partial charge in [-0.1, -0.05) is 18.5 Å². The fourth-order valence-corrected chi connectivity index (χ4v) is 2.24. The Labute approximate surface area is 120 Å². The van der Waals surface area contributed by atoms with Crippen LogP contribution in [0, 0.1) is 0 Å². The first-order valence-corrected chi connectivity index (χ1v) is 7.17. The summed E-state index contributed by atoms with van der Waals surface area (Å²) in [7, 11) is 0. The molecule has 2 N–H and O–H groups in total. The van der Waals surface area contributed by atoms with E-state index in [1.807, 2.05) is 24.4 Å². The summed E-state index contributed by atoms with van der Waals surface area (Å²) in [6.45, 7) is 1.95. The fourth-order valence-electron chi connectivity index (χ4n) is 1.58. The summed E-state index contributed by atoms with van der Waals surface area (Å²) in [5.41, 5.74) is 0.866. The largest absolute Gasteiger partial charge is 0.374 e. The van der Waals surface area contributed by atoms with Crippen molar-refractivity contribution in [1.82, 2.24) is 4.98 Å². The van der Waals surface area contributed by atoms with Crippen molar-refractivity contribution in [1.29, 1.82) is 0 Å². The van der Waals surface area contributed by atoms with Crippen molar-refractivity contribution >= 4 is 39.7 Å². The summed E-state index contributed by atoms with van der Waals surface area (Å²) in [6.07, 6.45) is 2.34. The molecule has 0 fully saturated rings. The van der Waals surface area contributed by atoms with Crippen LogP contribution in [-0.2, 0) is 4.79 Å². The number of anilines is 2. The Balaban J connectivity index is 1.99. The SMILES string of the molecule is CC[C@@H](Nc1ccc(Cl)cc1)C(=O)Nc1nccs1. The van der Waals surface area contributed by atoms with Crippen LogP contribution in [0.5, 0.6) is 0 Å². The van der Waals surface area contributed by atoms with Crippen molar-refractivity contribution in [2.45, 2.75) is 19.4 Å². The Morgan fingerprint density at radius 3 is 2.74 bits per heavy atom. The van der Waals surface area contributed by atoms with Gasteiger partial charge in [0.15, 0.2) is 5.13 Å². The van der Waals surface area contributed by atoms with E-state index < -0.39 is 0 Å². The van der Waals surface area contributed by atoms with Crippen molar-refractivity contribution < 1.29 is 4.79 Å². The molecule has 100 valence electrons. The molecule has 0 spiro atoms. The van der Waals surface area contributed by atoms with Gasteiger partial charge < -0.3 is 10.6 Å². The van der Waals surface area contributed by atoms with Crippen molar-refractivity contribution in [2.24, 2.45) is 0 Å². The van der Waals surface area contributed by atoms with E-state index in [0.29, 0.717) is 16.6 Å². The molecule has 0 aliphatic carbocycles. The van der Waals surface area contributed by atoms with Gasteiger partial charge in [-0.2, -0.15) is 0 Å². The highest BCUT2D eigenvalue weighted by Gasteiger charge is 2.16. The molecule has 2 aromatic rings. The monoisotopic (exact) mass is 295 g/mol. The predicted octanol–water partition coefficient (Wildman–Crippen LogP) is 3.63. The van der Waals surface area contributed by atoms with Crippen LogP contribution in [0.2, 0.25) is 5.02 Å². The first-order valence-electron chi connectivity index (χ1n) is 5.91. The van der Waals surface area contributed by atoms with Gasteiger partial charge in [0.2, 0.25) is 5.91 Å². The van der Waals surface area contributed by atoms with Gasteiger partial charge in [-0.25, -0.2) is 4.98 Å². The molecule has 1 amide bonds.